The first-order valence-corrected chi connectivity index (χ1v) is 7.24. The minimum atomic E-state index is -3.71. The summed E-state index contributed by atoms with van der Waals surface area (Å²) in [4.78, 5) is 4.06. The van der Waals surface area contributed by atoms with E-state index in [1.165, 1.54) is 0 Å². The molecule has 0 radical (unpaired) electrons. The normalized spacial score (nSPS) is 21.4. The number of nitrogens with zero attached hydrogens (tertiary/aromatic N) is 2. The average Bonchev–Trinajstić information content (AvgIpc) is 2.44. The van der Waals surface area contributed by atoms with Gasteiger partial charge in [-0.1, -0.05) is 0 Å². The van der Waals surface area contributed by atoms with E-state index in [0.29, 0.717) is 6.04 Å². The van der Waals surface area contributed by atoms with Crippen molar-refractivity contribution in [2.45, 2.75) is 44.2 Å². The summed E-state index contributed by atoms with van der Waals surface area (Å²) in [6.07, 6.45) is 2.80. The van der Waals surface area contributed by atoms with Crippen LogP contribution in [0.1, 0.15) is 37.3 Å². The Balaban J connectivity index is 2.67. The molecular weight excluding hydrogens is 236 g/mol. The van der Waals surface area contributed by atoms with Crippen molar-refractivity contribution in [3.8, 4) is 0 Å². The van der Waals surface area contributed by atoms with E-state index in [-0.39, 0.29) is 5.03 Å². The van der Waals surface area contributed by atoms with E-state index in [4.69, 9.17) is 10.7 Å². The molecule has 0 saturated heterocycles. The van der Waals surface area contributed by atoms with Crippen LogP contribution in [0.4, 0.5) is 0 Å². The molecule has 1 unspecified atom stereocenters. The van der Waals surface area contributed by atoms with E-state index in [1.807, 2.05) is 11.5 Å². The molecule has 2 rings (SSSR count). The molecule has 0 spiro atoms. The molecule has 84 valence electrons. The number of halogens is 1. The molecule has 6 heteroatoms. The van der Waals surface area contributed by atoms with Gasteiger partial charge in [0.1, 0.15) is 5.82 Å². The molecule has 0 aliphatic carbocycles. The third kappa shape index (κ3) is 1.78. The second-order valence-corrected chi connectivity index (χ2v) is 6.44. The molecule has 1 aromatic heterocycles. The highest BCUT2D eigenvalue weighted by atomic mass is 35.7. The average molecular weight is 249 g/mol. The second-order valence-electron chi connectivity index (χ2n) is 3.96. The SMILES string of the molecule is Cc1nc(S(=O)(=O)Cl)c2n1C(C)CCC2. The van der Waals surface area contributed by atoms with Crippen LogP contribution in [0.3, 0.4) is 0 Å². The van der Waals surface area contributed by atoms with Crippen LogP contribution in [0.15, 0.2) is 5.03 Å². The van der Waals surface area contributed by atoms with E-state index in [1.54, 1.807) is 0 Å². The van der Waals surface area contributed by atoms with Crippen LogP contribution in [-0.2, 0) is 15.5 Å². The number of rotatable bonds is 1. The third-order valence-electron chi connectivity index (χ3n) is 2.86. The van der Waals surface area contributed by atoms with Crippen molar-refractivity contribution in [1.82, 2.24) is 9.55 Å². The quantitative estimate of drug-likeness (QED) is 0.715. The predicted molar refractivity (Wildman–Crippen MR) is 57.7 cm³/mol. The molecule has 0 fully saturated rings. The Morgan fingerprint density at radius 2 is 2.20 bits per heavy atom. The zero-order valence-corrected chi connectivity index (χ0v) is 10.3. The van der Waals surface area contributed by atoms with Gasteiger partial charge in [0.05, 0.1) is 5.69 Å². The molecule has 0 amide bonds. The Hall–Kier alpha value is -0.550. The van der Waals surface area contributed by atoms with Crippen molar-refractivity contribution in [3.63, 3.8) is 0 Å². The van der Waals surface area contributed by atoms with Crippen molar-refractivity contribution in [1.29, 1.82) is 0 Å². The van der Waals surface area contributed by atoms with E-state index < -0.39 is 9.05 Å². The van der Waals surface area contributed by atoms with Gasteiger partial charge in [-0.3, -0.25) is 0 Å². The molecule has 0 aromatic carbocycles. The fourth-order valence-corrected chi connectivity index (χ4v) is 3.36. The van der Waals surface area contributed by atoms with Crippen molar-refractivity contribution in [2.75, 3.05) is 0 Å². The molecule has 1 atom stereocenters. The number of aryl methyl sites for hydroxylation is 1. The van der Waals surface area contributed by atoms with Gasteiger partial charge < -0.3 is 4.57 Å². The van der Waals surface area contributed by atoms with Gasteiger partial charge in [-0.25, -0.2) is 13.4 Å². The second kappa shape index (κ2) is 3.49. The van der Waals surface area contributed by atoms with Gasteiger partial charge in [0.15, 0.2) is 5.03 Å². The van der Waals surface area contributed by atoms with E-state index in [0.717, 1.165) is 30.8 Å². The highest BCUT2D eigenvalue weighted by Crippen LogP contribution is 2.31. The molecule has 15 heavy (non-hydrogen) atoms. The standard InChI is InChI=1S/C9H13ClN2O2S/c1-6-4-3-5-8-9(15(10,13)14)11-7(2)12(6)8/h6H,3-5H2,1-2H3. The monoisotopic (exact) mass is 248 g/mol. The molecule has 1 aliphatic rings. The van der Waals surface area contributed by atoms with Gasteiger partial charge in [-0.05, 0) is 33.1 Å². The van der Waals surface area contributed by atoms with Gasteiger partial charge in [0.25, 0.3) is 9.05 Å². The lowest BCUT2D eigenvalue weighted by molar-refractivity contribution is 0.420. The minimum Gasteiger partial charge on any atom is -0.328 e. The predicted octanol–water partition coefficient (Wildman–Crippen LogP) is 2.02. The van der Waals surface area contributed by atoms with Gasteiger partial charge in [-0.2, -0.15) is 0 Å². The van der Waals surface area contributed by atoms with Crippen LogP contribution in [0.5, 0.6) is 0 Å². The maximum absolute atomic E-state index is 11.3. The number of hydrogen-bond donors (Lipinski definition) is 0. The first kappa shape index (κ1) is 11.0. The number of hydrogen-bond acceptors (Lipinski definition) is 3. The van der Waals surface area contributed by atoms with Crippen LogP contribution in [0, 0.1) is 6.92 Å². The summed E-state index contributed by atoms with van der Waals surface area (Å²) in [6, 6.07) is 0.313. The summed E-state index contributed by atoms with van der Waals surface area (Å²) in [6.45, 7) is 3.89. The first-order valence-electron chi connectivity index (χ1n) is 4.93. The summed E-state index contributed by atoms with van der Waals surface area (Å²) in [7, 11) is 1.65. The summed E-state index contributed by atoms with van der Waals surface area (Å²) < 4.78 is 24.6. The number of imidazole rings is 1. The number of aromatic nitrogens is 2. The fraction of sp³-hybridized carbons (Fsp3) is 0.667. The van der Waals surface area contributed by atoms with Crippen molar-refractivity contribution < 1.29 is 8.42 Å². The summed E-state index contributed by atoms with van der Waals surface area (Å²) in [5, 5.41) is 0.0493. The lowest BCUT2D eigenvalue weighted by Crippen LogP contribution is -2.16. The Morgan fingerprint density at radius 3 is 2.80 bits per heavy atom. The van der Waals surface area contributed by atoms with Gasteiger partial charge >= 0.3 is 0 Å². The van der Waals surface area contributed by atoms with Crippen molar-refractivity contribution in [3.05, 3.63) is 11.5 Å². The zero-order chi connectivity index (χ0) is 11.2. The third-order valence-corrected chi connectivity index (χ3v) is 4.08. The van der Waals surface area contributed by atoms with Gasteiger partial charge in [0.2, 0.25) is 0 Å². The molecule has 0 saturated carbocycles. The molecule has 1 aromatic rings. The molecule has 0 bridgehead atoms. The van der Waals surface area contributed by atoms with Crippen molar-refractivity contribution in [2.24, 2.45) is 0 Å². The Bertz CT molecular complexity index is 492. The number of fused-ring (bicyclic) bond motifs is 1. The van der Waals surface area contributed by atoms with E-state index >= 15 is 0 Å². The highest BCUT2D eigenvalue weighted by molar-refractivity contribution is 8.13. The van der Waals surface area contributed by atoms with Crippen LogP contribution in [0.2, 0.25) is 0 Å². The van der Waals surface area contributed by atoms with Gasteiger partial charge in [0, 0.05) is 16.7 Å². The lowest BCUT2D eigenvalue weighted by Gasteiger charge is -2.23. The molecular formula is C9H13ClN2O2S. The van der Waals surface area contributed by atoms with Gasteiger partial charge in [-0.15, -0.1) is 0 Å². The smallest absolute Gasteiger partial charge is 0.280 e. The molecule has 0 N–H and O–H groups in total. The van der Waals surface area contributed by atoms with Crippen LogP contribution in [-0.4, -0.2) is 18.0 Å². The molecule has 4 nitrogen and oxygen atoms in total. The Labute approximate surface area is 93.7 Å². The van der Waals surface area contributed by atoms with Crippen LogP contribution in [0.25, 0.3) is 0 Å². The summed E-state index contributed by atoms with van der Waals surface area (Å²) in [5.41, 5.74) is 0.765. The first-order chi connectivity index (χ1) is 6.91. The lowest BCUT2D eigenvalue weighted by atomic mass is 10.0. The maximum Gasteiger partial charge on any atom is 0.280 e. The topological polar surface area (TPSA) is 52.0 Å². The Morgan fingerprint density at radius 1 is 1.53 bits per heavy atom. The minimum absolute atomic E-state index is 0.0493. The van der Waals surface area contributed by atoms with Crippen LogP contribution >= 0.6 is 10.7 Å². The van der Waals surface area contributed by atoms with Crippen molar-refractivity contribution >= 4 is 19.7 Å². The Kier molecular flexibility index (Phi) is 2.55. The van der Waals surface area contributed by atoms with Crippen LogP contribution < -0.4 is 0 Å². The van der Waals surface area contributed by atoms with E-state index in [9.17, 15) is 8.42 Å². The fourth-order valence-electron chi connectivity index (χ4n) is 2.27. The molecule has 1 aliphatic heterocycles. The zero-order valence-electron chi connectivity index (χ0n) is 8.70. The highest BCUT2D eigenvalue weighted by Gasteiger charge is 2.28. The summed E-state index contributed by atoms with van der Waals surface area (Å²) >= 11 is 0. The molecule has 2 heterocycles. The summed E-state index contributed by atoms with van der Waals surface area (Å²) in [5.74, 6) is 0.733. The van der Waals surface area contributed by atoms with E-state index in [2.05, 4.69) is 11.9 Å². The largest absolute Gasteiger partial charge is 0.328 e. The maximum atomic E-state index is 11.3.